The monoisotopic (exact) mass is 422 g/mol. The lowest BCUT2D eigenvalue weighted by Crippen LogP contribution is -2.39. The first kappa shape index (κ1) is 22.4. The van der Waals surface area contributed by atoms with E-state index in [-0.39, 0.29) is 35.2 Å². The second kappa shape index (κ2) is 9.54. The minimum absolute atomic E-state index is 0. The Morgan fingerprint density at radius 3 is 2.39 bits per heavy atom. The molecule has 1 aliphatic carbocycles. The van der Waals surface area contributed by atoms with Crippen molar-refractivity contribution in [1.29, 1.82) is 0 Å². The van der Waals surface area contributed by atoms with Crippen molar-refractivity contribution in [2.75, 3.05) is 6.26 Å². The van der Waals surface area contributed by atoms with Crippen LogP contribution >= 0.6 is 12.4 Å². The molecule has 3 N–H and O–H groups in total. The van der Waals surface area contributed by atoms with E-state index >= 15 is 0 Å². The minimum atomic E-state index is -3.33. The van der Waals surface area contributed by atoms with Crippen LogP contribution in [0.15, 0.2) is 59.5 Å². The van der Waals surface area contributed by atoms with E-state index < -0.39 is 15.9 Å². The number of carbonyl (C=O) groups excluding carboxylic acids is 1. The largest absolute Gasteiger partial charge is 0.345 e. The molecule has 1 saturated carbocycles. The summed E-state index contributed by atoms with van der Waals surface area (Å²) in [6.45, 7) is 0. The van der Waals surface area contributed by atoms with Gasteiger partial charge in [0.15, 0.2) is 9.84 Å². The van der Waals surface area contributed by atoms with E-state index in [4.69, 9.17) is 5.73 Å². The molecule has 0 aliphatic heterocycles. The van der Waals surface area contributed by atoms with Gasteiger partial charge in [-0.1, -0.05) is 48.9 Å². The molecule has 0 bridgehead atoms. The SMILES string of the molecule is CS(=O)(=O)c1cccc(C(NC(=O)C2CCCC(N)C2)c2ccccc2)c1.Cl. The molecule has 3 unspecified atom stereocenters. The van der Waals surface area contributed by atoms with Crippen LogP contribution in [0.4, 0.5) is 0 Å². The number of benzene rings is 2. The highest BCUT2D eigenvalue weighted by atomic mass is 35.5. The Morgan fingerprint density at radius 2 is 1.75 bits per heavy atom. The molecule has 5 nitrogen and oxygen atoms in total. The van der Waals surface area contributed by atoms with Gasteiger partial charge in [0.25, 0.3) is 0 Å². The number of sulfone groups is 1. The zero-order valence-electron chi connectivity index (χ0n) is 15.9. The number of nitrogens with two attached hydrogens (primary N) is 1. The van der Waals surface area contributed by atoms with Crippen LogP contribution in [0.5, 0.6) is 0 Å². The highest BCUT2D eigenvalue weighted by Gasteiger charge is 2.28. The number of carbonyl (C=O) groups is 1. The Bertz CT molecular complexity index is 903. The van der Waals surface area contributed by atoms with Gasteiger partial charge in [-0.3, -0.25) is 4.79 Å². The van der Waals surface area contributed by atoms with Crippen molar-refractivity contribution in [2.45, 2.75) is 42.7 Å². The molecule has 1 aliphatic rings. The molecule has 28 heavy (non-hydrogen) atoms. The number of nitrogens with one attached hydrogen (secondary N) is 1. The standard InChI is InChI=1S/C21H26N2O3S.ClH/c1-27(25,26)19-12-6-9-16(14-19)20(15-7-3-2-4-8-15)23-21(24)17-10-5-11-18(22)13-17;/h2-4,6-9,12,14,17-18,20H,5,10-11,13,22H2,1H3,(H,23,24);1H. The van der Waals surface area contributed by atoms with Crippen molar-refractivity contribution in [3.63, 3.8) is 0 Å². The normalized spacial score (nSPS) is 20.6. The second-order valence-electron chi connectivity index (χ2n) is 7.32. The smallest absolute Gasteiger partial charge is 0.223 e. The van der Waals surface area contributed by atoms with Crippen LogP contribution < -0.4 is 11.1 Å². The fourth-order valence-corrected chi connectivity index (χ4v) is 4.33. The topological polar surface area (TPSA) is 89.3 Å². The van der Waals surface area contributed by atoms with Crippen molar-refractivity contribution in [2.24, 2.45) is 11.7 Å². The number of amides is 1. The van der Waals surface area contributed by atoms with Gasteiger partial charge in [-0.2, -0.15) is 0 Å². The summed E-state index contributed by atoms with van der Waals surface area (Å²) in [5.74, 6) is -0.123. The zero-order chi connectivity index (χ0) is 19.4. The molecule has 1 fully saturated rings. The predicted octanol–water partition coefficient (Wildman–Crippen LogP) is 3.24. The van der Waals surface area contributed by atoms with Crippen LogP contribution in [-0.2, 0) is 14.6 Å². The molecule has 152 valence electrons. The van der Waals surface area contributed by atoms with Crippen LogP contribution in [0.2, 0.25) is 0 Å². The summed E-state index contributed by atoms with van der Waals surface area (Å²) in [6, 6.07) is 16.0. The molecule has 0 saturated heterocycles. The summed E-state index contributed by atoms with van der Waals surface area (Å²) in [6.07, 6.45) is 4.63. The lowest BCUT2D eigenvalue weighted by atomic mass is 9.85. The summed E-state index contributed by atoms with van der Waals surface area (Å²) in [5, 5.41) is 3.13. The van der Waals surface area contributed by atoms with E-state index in [9.17, 15) is 13.2 Å². The molecule has 0 radical (unpaired) electrons. The fraction of sp³-hybridized carbons (Fsp3) is 0.381. The quantitative estimate of drug-likeness (QED) is 0.774. The second-order valence-corrected chi connectivity index (χ2v) is 9.34. The van der Waals surface area contributed by atoms with E-state index in [1.807, 2.05) is 36.4 Å². The molecule has 3 atom stereocenters. The lowest BCUT2D eigenvalue weighted by Gasteiger charge is -2.28. The number of halogens is 1. The van der Waals surface area contributed by atoms with Gasteiger partial charge in [0.2, 0.25) is 5.91 Å². The Labute approximate surface area is 173 Å². The molecular weight excluding hydrogens is 396 g/mol. The first-order valence-corrected chi connectivity index (χ1v) is 11.1. The van der Waals surface area contributed by atoms with Crippen molar-refractivity contribution < 1.29 is 13.2 Å². The van der Waals surface area contributed by atoms with Crippen molar-refractivity contribution >= 4 is 28.2 Å². The highest BCUT2D eigenvalue weighted by Crippen LogP contribution is 2.28. The van der Waals surface area contributed by atoms with Crippen LogP contribution in [0.3, 0.4) is 0 Å². The Kier molecular flexibility index (Phi) is 7.63. The maximum absolute atomic E-state index is 12.9. The van der Waals surface area contributed by atoms with Gasteiger partial charge in [0.1, 0.15) is 0 Å². The van der Waals surface area contributed by atoms with Gasteiger partial charge in [-0.15, -0.1) is 12.4 Å². The van der Waals surface area contributed by atoms with Crippen LogP contribution in [0, 0.1) is 5.92 Å². The fourth-order valence-electron chi connectivity index (χ4n) is 3.66. The molecule has 3 rings (SSSR count). The summed E-state index contributed by atoms with van der Waals surface area (Å²) in [4.78, 5) is 13.1. The van der Waals surface area contributed by atoms with E-state index in [0.717, 1.165) is 30.4 Å². The molecule has 2 aromatic carbocycles. The predicted molar refractivity (Wildman–Crippen MR) is 113 cm³/mol. The van der Waals surface area contributed by atoms with Gasteiger partial charge >= 0.3 is 0 Å². The minimum Gasteiger partial charge on any atom is -0.345 e. The Hall–Kier alpha value is -1.89. The van der Waals surface area contributed by atoms with Gasteiger partial charge in [0.05, 0.1) is 10.9 Å². The number of rotatable bonds is 5. The Morgan fingerprint density at radius 1 is 1.07 bits per heavy atom. The van der Waals surface area contributed by atoms with Gasteiger partial charge in [-0.05, 0) is 42.5 Å². The van der Waals surface area contributed by atoms with Crippen LogP contribution in [0.25, 0.3) is 0 Å². The zero-order valence-corrected chi connectivity index (χ0v) is 17.5. The maximum Gasteiger partial charge on any atom is 0.223 e. The lowest BCUT2D eigenvalue weighted by molar-refractivity contribution is -0.126. The third-order valence-electron chi connectivity index (χ3n) is 5.12. The van der Waals surface area contributed by atoms with Crippen LogP contribution in [-0.4, -0.2) is 26.6 Å². The Balaban J connectivity index is 0.00000280. The van der Waals surface area contributed by atoms with Gasteiger partial charge in [0, 0.05) is 18.2 Å². The number of hydrogen-bond acceptors (Lipinski definition) is 4. The van der Waals surface area contributed by atoms with E-state index in [0.29, 0.717) is 6.42 Å². The summed E-state index contributed by atoms with van der Waals surface area (Å²) < 4.78 is 23.9. The molecular formula is C21H27ClN2O3S. The summed E-state index contributed by atoms with van der Waals surface area (Å²) in [5.41, 5.74) is 7.70. The molecule has 0 spiro atoms. The average Bonchev–Trinajstić information content (AvgIpc) is 2.66. The summed E-state index contributed by atoms with van der Waals surface area (Å²) >= 11 is 0. The van der Waals surface area contributed by atoms with Gasteiger partial charge in [-0.25, -0.2) is 8.42 Å². The third kappa shape index (κ3) is 5.56. The molecule has 1 amide bonds. The maximum atomic E-state index is 12.9. The molecule has 7 heteroatoms. The summed E-state index contributed by atoms with van der Waals surface area (Å²) in [7, 11) is -3.33. The van der Waals surface area contributed by atoms with E-state index in [1.54, 1.807) is 18.2 Å². The van der Waals surface area contributed by atoms with E-state index in [1.165, 1.54) is 6.26 Å². The molecule has 0 heterocycles. The first-order chi connectivity index (χ1) is 12.8. The van der Waals surface area contributed by atoms with Crippen LogP contribution in [0.1, 0.15) is 42.9 Å². The highest BCUT2D eigenvalue weighted by molar-refractivity contribution is 7.90. The number of hydrogen-bond donors (Lipinski definition) is 2. The third-order valence-corrected chi connectivity index (χ3v) is 6.23. The van der Waals surface area contributed by atoms with E-state index in [2.05, 4.69) is 5.32 Å². The van der Waals surface area contributed by atoms with Gasteiger partial charge < -0.3 is 11.1 Å². The van der Waals surface area contributed by atoms with Crippen molar-refractivity contribution in [3.8, 4) is 0 Å². The first-order valence-electron chi connectivity index (χ1n) is 9.25. The van der Waals surface area contributed by atoms with Crippen molar-refractivity contribution in [1.82, 2.24) is 5.32 Å². The molecule has 2 aromatic rings. The molecule has 0 aromatic heterocycles. The van der Waals surface area contributed by atoms with Crippen molar-refractivity contribution in [3.05, 3.63) is 65.7 Å². The average molecular weight is 423 g/mol.